The number of ether oxygens (including phenoxy) is 3. The van der Waals surface area contributed by atoms with Gasteiger partial charge in [-0.05, 0) is 126 Å². The van der Waals surface area contributed by atoms with E-state index < -0.39 is 0 Å². The van der Waals surface area contributed by atoms with E-state index in [1.165, 1.54) is 67.0 Å². The molecule has 4 heterocycles. The van der Waals surface area contributed by atoms with Crippen molar-refractivity contribution < 1.29 is 19.0 Å². The van der Waals surface area contributed by atoms with Crippen molar-refractivity contribution in [3.63, 3.8) is 0 Å². The molecular formula is C62H79Cl2N7O4S. The SMILES string of the molecule is CCCCc1cn(CCOCCC)nn1.CCCOCCOCCNCc1ccc2c(c1)c1ccc(-c3cccs3)cc1n2CC.O=CN1CCN(CC(CCc2ccc3ccccc3c2)c2ccc(Cl)cc2Cl)CC1. The number of fused-ring (bicyclic) bond motifs is 4. The van der Waals surface area contributed by atoms with Gasteiger partial charge in [0, 0.05) is 108 Å². The van der Waals surface area contributed by atoms with E-state index in [-0.39, 0.29) is 0 Å². The number of unbranched alkanes of at least 4 members (excludes halogenated alkanes) is 1. The molecule has 1 unspecified atom stereocenters. The summed E-state index contributed by atoms with van der Waals surface area (Å²) in [4.78, 5) is 16.6. The predicted molar refractivity (Wildman–Crippen MR) is 317 cm³/mol. The van der Waals surface area contributed by atoms with Crippen LogP contribution in [0, 0.1) is 0 Å². The number of carbonyl (C=O) groups is 1. The number of amides is 1. The Bertz CT molecular complexity index is 2950. The smallest absolute Gasteiger partial charge is 0.209 e. The van der Waals surface area contributed by atoms with Gasteiger partial charge in [0.05, 0.1) is 38.7 Å². The van der Waals surface area contributed by atoms with Crippen LogP contribution in [-0.2, 0) is 51.5 Å². The molecule has 1 fully saturated rings. The van der Waals surface area contributed by atoms with E-state index >= 15 is 0 Å². The molecule has 0 radical (unpaired) electrons. The Morgan fingerprint density at radius 1 is 0.711 bits per heavy atom. The number of piperazine rings is 1. The molecule has 8 aromatic rings. The van der Waals surface area contributed by atoms with E-state index in [2.05, 4.69) is 155 Å². The fourth-order valence-corrected chi connectivity index (χ4v) is 10.9. The summed E-state index contributed by atoms with van der Waals surface area (Å²) >= 11 is 14.5. The van der Waals surface area contributed by atoms with Gasteiger partial charge in [-0.25, -0.2) is 4.68 Å². The Kier molecular flexibility index (Phi) is 24.6. The van der Waals surface area contributed by atoms with Gasteiger partial charge in [0.15, 0.2) is 0 Å². The number of nitrogens with zero attached hydrogens (tertiary/aromatic N) is 6. The molecule has 406 valence electrons. The highest BCUT2D eigenvalue weighted by Crippen LogP contribution is 2.35. The molecule has 1 aliphatic heterocycles. The quantitative estimate of drug-likeness (QED) is 0.0402. The summed E-state index contributed by atoms with van der Waals surface area (Å²) < 4.78 is 20.7. The number of aromatic nitrogens is 4. The topological polar surface area (TPSA) is 98.9 Å². The molecular weight excluding hydrogens is 1010 g/mol. The molecule has 1 saturated heterocycles. The molecule has 3 aromatic heterocycles. The first-order valence-electron chi connectivity index (χ1n) is 27.6. The van der Waals surface area contributed by atoms with Crippen molar-refractivity contribution in [1.29, 1.82) is 0 Å². The van der Waals surface area contributed by atoms with Crippen LogP contribution < -0.4 is 5.32 Å². The lowest BCUT2D eigenvalue weighted by Crippen LogP contribution is -2.46. The van der Waals surface area contributed by atoms with Gasteiger partial charge in [-0.3, -0.25) is 9.69 Å². The van der Waals surface area contributed by atoms with Crippen molar-refractivity contribution in [3.8, 4) is 10.4 Å². The van der Waals surface area contributed by atoms with Crippen LogP contribution in [0.1, 0.15) is 88.1 Å². The zero-order valence-corrected chi connectivity index (χ0v) is 47.6. The molecule has 11 nitrogen and oxygen atoms in total. The van der Waals surface area contributed by atoms with E-state index in [1.54, 1.807) is 11.3 Å². The first-order valence-corrected chi connectivity index (χ1v) is 29.2. The maximum Gasteiger partial charge on any atom is 0.209 e. The lowest BCUT2D eigenvalue weighted by atomic mass is 9.91. The first kappa shape index (κ1) is 58.5. The van der Waals surface area contributed by atoms with Gasteiger partial charge in [0.1, 0.15) is 0 Å². The normalized spacial score (nSPS) is 13.2. The first-order chi connectivity index (χ1) is 37.3. The van der Waals surface area contributed by atoms with E-state index in [0.29, 0.717) is 30.8 Å². The van der Waals surface area contributed by atoms with Crippen LogP contribution in [0.2, 0.25) is 10.0 Å². The molecule has 0 aliphatic carbocycles. The second kappa shape index (κ2) is 31.9. The van der Waals surface area contributed by atoms with Gasteiger partial charge in [0.25, 0.3) is 0 Å². The highest BCUT2D eigenvalue weighted by Gasteiger charge is 2.23. The third-order valence-corrected chi connectivity index (χ3v) is 15.2. The molecule has 1 aliphatic rings. The largest absolute Gasteiger partial charge is 0.380 e. The van der Waals surface area contributed by atoms with Crippen molar-refractivity contribution in [2.75, 3.05) is 78.9 Å². The second-order valence-corrected chi connectivity index (χ2v) is 21.2. The molecule has 0 spiro atoms. The number of hydrogen-bond acceptors (Lipinski definition) is 9. The number of benzene rings is 5. The Hall–Kier alpha value is -5.15. The highest BCUT2D eigenvalue weighted by molar-refractivity contribution is 7.13. The van der Waals surface area contributed by atoms with Gasteiger partial charge in [0.2, 0.25) is 6.41 Å². The summed E-state index contributed by atoms with van der Waals surface area (Å²) in [7, 11) is 0. The summed E-state index contributed by atoms with van der Waals surface area (Å²) in [6.07, 6.45) is 10.5. The highest BCUT2D eigenvalue weighted by atomic mass is 35.5. The van der Waals surface area contributed by atoms with Gasteiger partial charge in [-0.1, -0.05) is 128 Å². The lowest BCUT2D eigenvalue weighted by molar-refractivity contribution is -0.119. The van der Waals surface area contributed by atoms with Crippen LogP contribution in [0.5, 0.6) is 0 Å². The maximum atomic E-state index is 11.0. The number of aryl methyl sites for hydroxylation is 3. The number of rotatable bonds is 27. The van der Waals surface area contributed by atoms with Crippen molar-refractivity contribution in [2.24, 2.45) is 0 Å². The summed E-state index contributed by atoms with van der Waals surface area (Å²) in [5.74, 6) is 0.309. The summed E-state index contributed by atoms with van der Waals surface area (Å²) in [6.45, 7) is 20.8. The second-order valence-electron chi connectivity index (χ2n) is 19.4. The molecule has 76 heavy (non-hydrogen) atoms. The maximum absolute atomic E-state index is 11.0. The lowest BCUT2D eigenvalue weighted by Gasteiger charge is -2.35. The van der Waals surface area contributed by atoms with E-state index in [4.69, 9.17) is 37.4 Å². The zero-order chi connectivity index (χ0) is 53.3. The van der Waals surface area contributed by atoms with Crippen molar-refractivity contribution in [3.05, 3.63) is 153 Å². The van der Waals surface area contributed by atoms with Crippen LogP contribution in [0.15, 0.2) is 121 Å². The van der Waals surface area contributed by atoms with Crippen LogP contribution in [0.25, 0.3) is 43.0 Å². The van der Waals surface area contributed by atoms with Crippen LogP contribution in [0.3, 0.4) is 0 Å². The third-order valence-electron chi connectivity index (χ3n) is 13.7. The molecule has 0 saturated carbocycles. The van der Waals surface area contributed by atoms with E-state index in [0.717, 1.165) is 134 Å². The average molecular weight is 1090 g/mol. The molecule has 0 bridgehead atoms. The summed E-state index contributed by atoms with van der Waals surface area (Å²) in [5.41, 5.74) is 8.80. The van der Waals surface area contributed by atoms with Crippen LogP contribution in [0.4, 0.5) is 0 Å². The fraction of sp³-hybridized carbons (Fsp3) is 0.435. The number of carbonyl (C=O) groups excluding carboxylic acids is 1. The molecule has 9 rings (SSSR count). The minimum atomic E-state index is 0.309. The van der Waals surface area contributed by atoms with Gasteiger partial charge in [-0.15, -0.1) is 16.4 Å². The molecule has 14 heteroatoms. The number of halogens is 2. The Balaban J connectivity index is 0.000000176. The van der Waals surface area contributed by atoms with Gasteiger partial charge in [-0.2, -0.15) is 0 Å². The van der Waals surface area contributed by atoms with Gasteiger partial charge < -0.3 is 29.0 Å². The summed E-state index contributed by atoms with van der Waals surface area (Å²) in [6, 6.07) is 39.0. The Morgan fingerprint density at radius 3 is 2.22 bits per heavy atom. The number of thiophene rings is 1. The number of nitrogens with one attached hydrogen (secondary N) is 1. The molecule has 1 amide bonds. The minimum absolute atomic E-state index is 0.309. The molecule has 1 N–H and O–H groups in total. The van der Waals surface area contributed by atoms with E-state index in [1.807, 2.05) is 27.9 Å². The monoisotopic (exact) mass is 1090 g/mol. The molecule has 1 atom stereocenters. The van der Waals surface area contributed by atoms with Gasteiger partial charge >= 0.3 is 0 Å². The van der Waals surface area contributed by atoms with Crippen LogP contribution >= 0.6 is 34.5 Å². The molecule has 5 aromatic carbocycles. The van der Waals surface area contributed by atoms with E-state index in [9.17, 15) is 4.79 Å². The zero-order valence-electron chi connectivity index (χ0n) is 45.2. The predicted octanol–water partition coefficient (Wildman–Crippen LogP) is 13.8. The van der Waals surface area contributed by atoms with Crippen molar-refractivity contribution >= 4 is 73.5 Å². The standard InChI is InChI=1S/C26H32N2O2S.C25H26Cl2N2O.C11H21N3O/c1-3-12-29-14-15-30-13-11-27-19-20-7-10-24-23(17-20)22-9-8-21(26-6-5-16-31-26)18-25(22)28(24)4-2;26-23-9-10-24(25(27)16-23)22(17-28-11-13-29(18-30)14-12-28)8-6-19-5-7-20-3-1-2-4-21(20)15-19;1-3-5-6-11-10-14(13-12-11)7-9-15-8-4-2/h5-10,16-18,27H,3-4,11-15,19H2,1-2H3;1-5,7,9-10,15-16,18,22H,6,8,11-14,17H2;10H,3-9H2,1-2H3. The average Bonchev–Trinajstić information content (AvgIpc) is 4.25. The Labute approximate surface area is 465 Å². The van der Waals surface area contributed by atoms with Crippen molar-refractivity contribution in [2.45, 2.75) is 98.2 Å². The Morgan fingerprint density at radius 2 is 1.49 bits per heavy atom. The summed E-state index contributed by atoms with van der Waals surface area (Å²) in [5, 5.41) is 20.4. The third kappa shape index (κ3) is 17.7. The fourth-order valence-electron chi connectivity index (χ4n) is 9.64. The van der Waals surface area contributed by atoms with Crippen molar-refractivity contribution in [1.82, 2.24) is 34.7 Å². The number of hydrogen-bond donors (Lipinski definition) is 1. The minimum Gasteiger partial charge on any atom is -0.380 e. The van der Waals surface area contributed by atoms with Crippen LogP contribution in [-0.4, -0.2) is 115 Å².